The quantitative estimate of drug-likeness (QED) is 0.520. The van der Waals surface area contributed by atoms with Gasteiger partial charge in [0.25, 0.3) is 0 Å². The zero-order valence-corrected chi connectivity index (χ0v) is 17.4. The predicted molar refractivity (Wildman–Crippen MR) is 104 cm³/mol. The molecule has 4 heterocycles. The lowest BCUT2D eigenvalue weighted by molar-refractivity contribution is -0.181. The molecule has 1 unspecified atom stereocenters. The molecule has 16 heteroatoms. The summed E-state index contributed by atoms with van der Waals surface area (Å²) in [6.07, 6.45) is -8.63. The van der Waals surface area contributed by atoms with E-state index in [1.807, 2.05) is 0 Å². The first-order valence-electron chi connectivity index (χ1n) is 9.09. The van der Waals surface area contributed by atoms with Crippen LogP contribution in [0.5, 0.6) is 0 Å². The van der Waals surface area contributed by atoms with E-state index in [0.717, 1.165) is 22.5 Å². The largest absolute Gasteiger partial charge is 0.435 e. The Morgan fingerprint density at radius 2 is 1.88 bits per heavy atom. The predicted octanol–water partition coefficient (Wildman–Crippen LogP) is 4.11. The van der Waals surface area contributed by atoms with Crippen LogP contribution in [0.3, 0.4) is 0 Å². The van der Waals surface area contributed by atoms with Crippen molar-refractivity contribution in [2.24, 2.45) is 0 Å². The Morgan fingerprint density at radius 3 is 2.48 bits per heavy atom. The number of hydrogen-bond acceptors (Lipinski definition) is 6. The van der Waals surface area contributed by atoms with E-state index in [1.54, 1.807) is 0 Å². The summed E-state index contributed by atoms with van der Waals surface area (Å²) in [4.78, 5) is 17.7. The van der Waals surface area contributed by atoms with Gasteiger partial charge in [0.15, 0.2) is 22.3 Å². The molecule has 0 radical (unpaired) electrons. The van der Waals surface area contributed by atoms with Gasteiger partial charge in [-0.15, -0.1) is 10.2 Å². The van der Waals surface area contributed by atoms with Crippen LogP contribution in [0.4, 0.5) is 48.3 Å². The number of rotatable bonds is 2. The van der Waals surface area contributed by atoms with E-state index in [0.29, 0.717) is 6.07 Å². The lowest BCUT2D eigenvalue weighted by Gasteiger charge is -2.28. The average molecular weight is 495 g/mol. The molecule has 0 spiro atoms. The Kier molecular flexibility index (Phi) is 5.07. The summed E-state index contributed by atoms with van der Waals surface area (Å²) in [5.41, 5.74) is -4.99. The molecule has 33 heavy (non-hydrogen) atoms. The Balaban J connectivity index is 1.79. The molecule has 0 fully saturated rings. The van der Waals surface area contributed by atoms with Crippen LogP contribution in [0.2, 0.25) is 5.15 Å². The van der Waals surface area contributed by atoms with E-state index in [-0.39, 0.29) is 28.0 Å². The number of fused-ring (bicyclic) bond motifs is 3. The maximum absolute atomic E-state index is 14.1. The molecule has 3 aromatic heterocycles. The van der Waals surface area contributed by atoms with Gasteiger partial charge >= 0.3 is 18.4 Å². The molecular formula is C17H13ClF6N8O. The van der Waals surface area contributed by atoms with Crippen molar-refractivity contribution in [1.29, 1.82) is 0 Å². The summed E-state index contributed by atoms with van der Waals surface area (Å²) in [7, 11) is 1.32. The molecule has 9 nitrogen and oxygen atoms in total. The van der Waals surface area contributed by atoms with Gasteiger partial charge < -0.3 is 10.6 Å². The van der Waals surface area contributed by atoms with E-state index in [1.165, 1.54) is 13.1 Å². The van der Waals surface area contributed by atoms with Gasteiger partial charge in [0.1, 0.15) is 5.41 Å². The number of halogens is 7. The van der Waals surface area contributed by atoms with Crippen molar-refractivity contribution in [3.8, 4) is 0 Å². The monoisotopic (exact) mass is 494 g/mol. The Hall–Kier alpha value is -3.36. The Morgan fingerprint density at radius 1 is 1.18 bits per heavy atom. The average Bonchev–Trinajstić information content (AvgIpc) is 3.24. The molecule has 3 aromatic rings. The topological polar surface area (TPSA) is 100 Å². The second kappa shape index (κ2) is 7.33. The summed E-state index contributed by atoms with van der Waals surface area (Å²) in [6.45, 7) is -0.00160. The van der Waals surface area contributed by atoms with Crippen molar-refractivity contribution in [3.63, 3.8) is 0 Å². The van der Waals surface area contributed by atoms with Crippen molar-refractivity contribution in [2.75, 3.05) is 29.1 Å². The van der Waals surface area contributed by atoms with Gasteiger partial charge in [-0.05, 0) is 13.0 Å². The van der Waals surface area contributed by atoms with Gasteiger partial charge in [-0.25, -0.2) is 14.3 Å². The molecule has 1 aliphatic rings. The summed E-state index contributed by atoms with van der Waals surface area (Å²) >= 11 is 5.83. The zero-order valence-electron chi connectivity index (χ0n) is 16.7. The number of amides is 2. The van der Waals surface area contributed by atoms with E-state index in [9.17, 15) is 31.1 Å². The van der Waals surface area contributed by atoms with Crippen LogP contribution in [0.1, 0.15) is 18.3 Å². The highest BCUT2D eigenvalue weighted by Crippen LogP contribution is 2.50. The van der Waals surface area contributed by atoms with Gasteiger partial charge in [-0.1, -0.05) is 11.6 Å². The first kappa shape index (κ1) is 22.8. The second-order valence-electron chi connectivity index (χ2n) is 7.31. The molecular weight excluding hydrogens is 482 g/mol. The van der Waals surface area contributed by atoms with Gasteiger partial charge in [0.2, 0.25) is 0 Å². The fraction of sp³-hybridized carbons (Fsp3) is 0.353. The van der Waals surface area contributed by atoms with Gasteiger partial charge in [-0.3, -0.25) is 4.90 Å². The molecule has 0 bridgehead atoms. The number of nitrogens with zero attached hydrogens (tertiary/aromatic N) is 6. The number of hydrogen-bond donors (Lipinski definition) is 2. The van der Waals surface area contributed by atoms with Crippen molar-refractivity contribution in [1.82, 2.24) is 24.8 Å². The zero-order chi connectivity index (χ0) is 24.3. The summed E-state index contributed by atoms with van der Waals surface area (Å²) in [5.74, 6) is -0.221. The molecule has 0 saturated carbocycles. The maximum Gasteiger partial charge on any atom is 0.435 e. The fourth-order valence-electron chi connectivity index (χ4n) is 3.48. The lowest BCUT2D eigenvalue weighted by atomic mass is 9.88. The van der Waals surface area contributed by atoms with Gasteiger partial charge in [-0.2, -0.15) is 31.4 Å². The highest BCUT2D eigenvalue weighted by molar-refractivity contribution is 6.29. The van der Waals surface area contributed by atoms with Crippen LogP contribution < -0.4 is 15.5 Å². The minimum atomic E-state index is -4.86. The number of aromatic nitrogens is 5. The number of urea groups is 1. The van der Waals surface area contributed by atoms with Gasteiger partial charge in [0, 0.05) is 19.7 Å². The van der Waals surface area contributed by atoms with E-state index in [4.69, 9.17) is 11.6 Å². The number of alkyl halides is 6. The summed E-state index contributed by atoms with van der Waals surface area (Å²) in [5, 5.41) is 14.8. The maximum atomic E-state index is 14.1. The molecule has 1 atom stereocenters. The van der Waals surface area contributed by atoms with Crippen molar-refractivity contribution in [3.05, 3.63) is 34.9 Å². The smallest absolute Gasteiger partial charge is 0.370 e. The molecule has 176 valence electrons. The second-order valence-corrected chi connectivity index (χ2v) is 7.70. The third-order valence-electron chi connectivity index (χ3n) is 5.16. The van der Waals surface area contributed by atoms with E-state index < -0.39 is 41.7 Å². The van der Waals surface area contributed by atoms with Crippen molar-refractivity contribution in [2.45, 2.75) is 24.7 Å². The standard InChI is InChI=1S/C17H13ClF6N8O/c1-15(17(22,23)24)6-31(8-5-26-11-4-10(18)30-32(11)12(8)15)14(33)27-7-3-9(16(19,20)21)28-29-13(7)25-2/h3-5H,6H2,1-2H3,(H,25,29)(H,27,28,33). The number of anilines is 3. The van der Waals surface area contributed by atoms with Crippen LogP contribution in [0.15, 0.2) is 18.3 Å². The van der Waals surface area contributed by atoms with Crippen molar-refractivity contribution < 1.29 is 31.1 Å². The van der Waals surface area contributed by atoms with Crippen LogP contribution in [-0.2, 0) is 11.6 Å². The minimum absolute atomic E-state index is 0.0297. The van der Waals surface area contributed by atoms with Crippen LogP contribution in [0.25, 0.3) is 5.65 Å². The molecule has 0 aliphatic carbocycles. The highest BCUT2D eigenvalue weighted by atomic mass is 35.5. The first-order chi connectivity index (χ1) is 15.3. The highest BCUT2D eigenvalue weighted by Gasteiger charge is 2.60. The Labute approximate surface area is 185 Å². The normalized spacial score (nSPS) is 18.5. The summed E-state index contributed by atoms with van der Waals surface area (Å²) in [6, 6.07) is 0.633. The first-order valence-corrected chi connectivity index (χ1v) is 9.47. The summed E-state index contributed by atoms with van der Waals surface area (Å²) < 4.78 is 82.3. The fourth-order valence-corrected chi connectivity index (χ4v) is 3.66. The van der Waals surface area contributed by atoms with E-state index >= 15 is 0 Å². The SMILES string of the molecule is CNc1nnc(C(F)(F)F)cc1NC(=O)N1CC(C)(C(F)(F)F)c2c1cnc1cc(Cl)nn21. The van der Waals surface area contributed by atoms with Crippen molar-refractivity contribution >= 4 is 40.5 Å². The molecule has 2 N–H and O–H groups in total. The van der Waals surface area contributed by atoms with Crippen LogP contribution >= 0.6 is 11.6 Å². The van der Waals surface area contributed by atoms with E-state index in [2.05, 4.69) is 30.9 Å². The Bertz CT molecular complexity index is 1260. The molecule has 1 aliphatic heterocycles. The number of carbonyl (C=O) groups is 1. The third-order valence-corrected chi connectivity index (χ3v) is 5.34. The lowest BCUT2D eigenvalue weighted by Crippen LogP contribution is -2.46. The molecule has 4 rings (SSSR count). The van der Waals surface area contributed by atoms with Crippen LogP contribution in [-0.4, -0.2) is 50.6 Å². The van der Waals surface area contributed by atoms with Gasteiger partial charge in [0.05, 0.1) is 23.3 Å². The van der Waals surface area contributed by atoms with Crippen LogP contribution in [0, 0.1) is 0 Å². The number of nitrogens with one attached hydrogen (secondary N) is 2. The number of carbonyl (C=O) groups excluding carboxylic acids is 1. The minimum Gasteiger partial charge on any atom is -0.370 e. The third kappa shape index (κ3) is 3.65. The molecule has 2 amide bonds. The molecule has 0 saturated heterocycles. The molecule has 0 aromatic carbocycles.